The highest BCUT2D eigenvalue weighted by molar-refractivity contribution is 7.17. The first-order valence-electron chi connectivity index (χ1n) is 10.8. The molecule has 3 aromatic rings. The average molecular weight is 495 g/mol. The Morgan fingerprint density at radius 1 is 1.26 bits per heavy atom. The largest absolute Gasteiger partial charge is 0.507 e. The van der Waals surface area contributed by atoms with Crippen LogP contribution in [0.5, 0.6) is 5.75 Å². The predicted molar refractivity (Wildman–Crippen MR) is 128 cm³/mol. The van der Waals surface area contributed by atoms with Crippen molar-refractivity contribution in [1.29, 1.82) is 0 Å². The SMILES string of the molecule is CCOC(=O)c1sc(N2C(=O)C(=O)C(=C(O)c3ccc(OC)cc3C)C2c2ccc[nH+]c2)nc1C. The highest BCUT2D eigenvalue weighted by atomic mass is 32.1. The first kappa shape index (κ1) is 24.1. The van der Waals surface area contributed by atoms with Crippen molar-refractivity contribution in [2.45, 2.75) is 26.8 Å². The zero-order valence-corrected chi connectivity index (χ0v) is 20.4. The lowest BCUT2D eigenvalue weighted by molar-refractivity contribution is -0.378. The molecular formula is C25H24N3O6S+. The first-order chi connectivity index (χ1) is 16.8. The minimum absolute atomic E-state index is 0.0756. The molecule has 2 aromatic heterocycles. The number of hydrogen-bond acceptors (Lipinski definition) is 8. The number of ether oxygens (including phenoxy) is 2. The number of anilines is 1. The van der Waals surface area contributed by atoms with Gasteiger partial charge in [-0.1, -0.05) is 11.3 Å². The molecule has 1 saturated heterocycles. The van der Waals surface area contributed by atoms with E-state index >= 15 is 0 Å². The molecule has 1 aliphatic rings. The van der Waals surface area contributed by atoms with Crippen LogP contribution in [0.3, 0.4) is 0 Å². The summed E-state index contributed by atoms with van der Waals surface area (Å²) in [5.41, 5.74) is 1.94. The van der Waals surface area contributed by atoms with Gasteiger partial charge in [0, 0.05) is 17.2 Å². The third kappa shape index (κ3) is 4.28. The van der Waals surface area contributed by atoms with Crippen LogP contribution in [0.15, 0.2) is 48.3 Å². The Kier molecular flexibility index (Phi) is 6.65. The van der Waals surface area contributed by atoms with E-state index in [0.717, 1.165) is 11.3 Å². The number of esters is 1. The maximum absolute atomic E-state index is 13.3. The third-order valence-corrected chi connectivity index (χ3v) is 6.77. The Hall–Kier alpha value is -4.05. The number of pyridine rings is 1. The molecule has 1 unspecified atom stereocenters. The van der Waals surface area contributed by atoms with Gasteiger partial charge < -0.3 is 14.6 Å². The van der Waals surface area contributed by atoms with Crippen LogP contribution in [-0.4, -0.2) is 41.5 Å². The van der Waals surface area contributed by atoms with Gasteiger partial charge in [-0.05, 0) is 50.6 Å². The number of amides is 1. The Morgan fingerprint density at radius 3 is 2.66 bits per heavy atom. The molecule has 0 saturated carbocycles. The first-order valence-corrected chi connectivity index (χ1v) is 11.7. The van der Waals surface area contributed by atoms with Crippen molar-refractivity contribution < 1.29 is 33.9 Å². The number of aromatic amines is 1. The molecule has 9 nitrogen and oxygen atoms in total. The highest BCUT2D eigenvalue weighted by Crippen LogP contribution is 2.44. The normalized spacial score (nSPS) is 17.0. The van der Waals surface area contributed by atoms with Crippen LogP contribution in [0.25, 0.3) is 5.76 Å². The number of carbonyl (C=O) groups is 3. The molecule has 1 atom stereocenters. The summed E-state index contributed by atoms with van der Waals surface area (Å²) in [6, 6.07) is 7.53. The summed E-state index contributed by atoms with van der Waals surface area (Å²) in [4.78, 5) is 47.8. The second kappa shape index (κ2) is 9.67. The highest BCUT2D eigenvalue weighted by Gasteiger charge is 2.49. The monoisotopic (exact) mass is 494 g/mol. The van der Waals surface area contributed by atoms with Gasteiger partial charge in [-0.25, -0.2) is 14.8 Å². The summed E-state index contributed by atoms with van der Waals surface area (Å²) in [6.07, 6.45) is 3.33. The summed E-state index contributed by atoms with van der Waals surface area (Å²) in [5, 5.41) is 11.5. The van der Waals surface area contributed by atoms with E-state index in [4.69, 9.17) is 9.47 Å². The second-order valence-corrected chi connectivity index (χ2v) is 8.80. The number of H-pyrrole nitrogens is 1. The number of carbonyl (C=O) groups excluding carboxylic acids is 3. The van der Waals surface area contributed by atoms with Crippen molar-refractivity contribution in [1.82, 2.24) is 4.98 Å². The Bertz CT molecular complexity index is 1350. The van der Waals surface area contributed by atoms with Crippen molar-refractivity contribution in [3.8, 4) is 5.75 Å². The molecule has 2 N–H and O–H groups in total. The molecule has 0 bridgehead atoms. The maximum atomic E-state index is 13.3. The molecule has 3 heterocycles. The zero-order valence-electron chi connectivity index (χ0n) is 19.6. The van der Waals surface area contributed by atoms with Gasteiger partial charge in [0.2, 0.25) is 0 Å². The van der Waals surface area contributed by atoms with E-state index in [1.165, 1.54) is 12.0 Å². The molecule has 0 spiro atoms. The lowest BCUT2D eigenvalue weighted by Gasteiger charge is -2.21. The van der Waals surface area contributed by atoms with Crippen LogP contribution in [-0.2, 0) is 14.3 Å². The van der Waals surface area contributed by atoms with Crippen molar-refractivity contribution in [2.24, 2.45) is 0 Å². The van der Waals surface area contributed by atoms with E-state index in [0.29, 0.717) is 28.1 Å². The zero-order chi connectivity index (χ0) is 25.3. The summed E-state index contributed by atoms with van der Waals surface area (Å²) in [5.74, 6) is -1.96. The van der Waals surface area contributed by atoms with Gasteiger partial charge in [0.1, 0.15) is 22.4 Å². The molecule has 35 heavy (non-hydrogen) atoms. The number of nitrogens with one attached hydrogen (secondary N) is 1. The number of rotatable bonds is 6. The fraction of sp³-hybridized carbons (Fsp3) is 0.240. The van der Waals surface area contributed by atoms with Gasteiger partial charge in [0.15, 0.2) is 17.5 Å². The fourth-order valence-electron chi connectivity index (χ4n) is 3.97. The topological polar surface area (TPSA) is 120 Å². The van der Waals surface area contributed by atoms with Crippen molar-refractivity contribution in [2.75, 3.05) is 18.6 Å². The smallest absolute Gasteiger partial charge is 0.350 e. The molecule has 180 valence electrons. The van der Waals surface area contributed by atoms with Crippen molar-refractivity contribution >= 4 is 39.9 Å². The van der Waals surface area contributed by atoms with E-state index in [1.54, 1.807) is 63.5 Å². The summed E-state index contributed by atoms with van der Waals surface area (Å²) in [7, 11) is 1.53. The van der Waals surface area contributed by atoms with E-state index in [-0.39, 0.29) is 27.9 Å². The second-order valence-electron chi connectivity index (χ2n) is 7.82. The fourth-order valence-corrected chi connectivity index (χ4v) is 4.96. The standard InChI is InChI=1S/C25H23N3O6S/c1-5-34-24(32)22-14(3)27-25(35-22)28-19(15-7-6-10-26-12-15)18(21(30)23(28)31)20(29)17-9-8-16(33-4)11-13(17)2/h6-12,19,29H,5H2,1-4H3/p+1. The van der Waals surface area contributed by atoms with Crippen LogP contribution >= 0.6 is 11.3 Å². The molecule has 1 aliphatic heterocycles. The molecule has 1 fully saturated rings. The number of methoxy groups -OCH3 is 1. The van der Waals surface area contributed by atoms with E-state index < -0.39 is 23.7 Å². The summed E-state index contributed by atoms with van der Waals surface area (Å²) < 4.78 is 10.3. The number of aryl methyl sites for hydroxylation is 2. The minimum Gasteiger partial charge on any atom is -0.507 e. The van der Waals surface area contributed by atoms with Crippen LogP contribution in [0.2, 0.25) is 0 Å². The Balaban J connectivity index is 1.91. The molecule has 0 radical (unpaired) electrons. The number of aromatic nitrogens is 2. The predicted octanol–water partition coefficient (Wildman–Crippen LogP) is 3.39. The van der Waals surface area contributed by atoms with Gasteiger partial charge in [-0.2, -0.15) is 0 Å². The van der Waals surface area contributed by atoms with Crippen LogP contribution in [0.4, 0.5) is 5.13 Å². The van der Waals surface area contributed by atoms with Gasteiger partial charge in [-0.3, -0.25) is 14.5 Å². The van der Waals surface area contributed by atoms with Gasteiger partial charge in [-0.15, -0.1) is 0 Å². The van der Waals surface area contributed by atoms with E-state index in [9.17, 15) is 19.5 Å². The molecule has 0 aliphatic carbocycles. The number of aliphatic hydroxyl groups excluding tert-OH is 1. The van der Waals surface area contributed by atoms with Crippen molar-refractivity contribution in [3.05, 3.63) is 75.6 Å². The summed E-state index contributed by atoms with van der Waals surface area (Å²) >= 11 is 0.963. The van der Waals surface area contributed by atoms with Gasteiger partial charge in [0.05, 0.1) is 25.0 Å². The van der Waals surface area contributed by atoms with Crippen LogP contribution in [0.1, 0.15) is 45.0 Å². The van der Waals surface area contributed by atoms with Gasteiger partial charge >= 0.3 is 11.9 Å². The summed E-state index contributed by atoms with van der Waals surface area (Å²) in [6.45, 7) is 5.29. The average Bonchev–Trinajstić information content (AvgIpc) is 3.36. The maximum Gasteiger partial charge on any atom is 0.350 e. The lowest BCUT2D eigenvalue weighted by atomic mass is 9.95. The lowest BCUT2D eigenvalue weighted by Crippen LogP contribution is -2.29. The van der Waals surface area contributed by atoms with Crippen LogP contribution < -0.4 is 14.6 Å². The number of Topliss-reactive ketones (excluding diaryl/α,β-unsaturated/α-hetero) is 1. The van der Waals surface area contributed by atoms with Crippen LogP contribution in [0, 0.1) is 13.8 Å². The van der Waals surface area contributed by atoms with E-state index in [1.807, 2.05) is 0 Å². The number of benzene rings is 1. The number of nitrogens with zero attached hydrogens (tertiary/aromatic N) is 2. The van der Waals surface area contributed by atoms with Crippen molar-refractivity contribution in [3.63, 3.8) is 0 Å². The molecule has 1 amide bonds. The minimum atomic E-state index is -0.963. The molecular weight excluding hydrogens is 470 g/mol. The molecule has 10 heteroatoms. The Morgan fingerprint density at radius 2 is 2.03 bits per heavy atom. The number of ketones is 1. The molecule has 4 rings (SSSR count). The number of thiazole rings is 1. The van der Waals surface area contributed by atoms with Gasteiger partial charge in [0.25, 0.3) is 5.78 Å². The number of hydrogen-bond donors (Lipinski definition) is 1. The Labute approximate surface area is 205 Å². The number of aliphatic hydroxyl groups is 1. The third-order valence-electron chi connectivity index (χ3n) is 5.63. The van der Waals surface area contributed by atoms with E-state index in [2.05, 4.69) is 9.97 Å². The quantitative estimate of drug-likeness (QED) is 0.241. The molecule has 1 aromatic carbocycles.